The molecule has 3 N–H and O–H groups in total. The lowest BCUT2D eigenvalue weighted by molar-refractivity contribution is -0.295. The summed E-state index contributed by atoms with van der Waals surface area (Å²) in [6.45, 7) is -0.380. The van der Waals surface area contributed by atoms with Crippen LogP contribution in [0.1, 0.15) is 0 Å². The Morgan fingerprint density at radius 1 is 1.14 bits per heavy atom. The number of hydrogen-bond acceptors (Lipinski definition) is 6. The van der Waals surface area contributed by atoms with Gasteiger partial charge < -0.3 is 29.5 Å². The Kier molecular flexibility index (Phi) is 4.24. The van der Waals surface area contributed by atoms with E-state index < -0.39 is 30.7 Å². The minimum atomic E-state index is -1.20. The van der Waals surface area contributed by atoms with E-state index in [1.165, 1.54) is 14.2 Å². The molecule has 14 heavy (non-hydrogen) atoms. The van der Waals surface area contributed by atoms with Crippen LogP contribution in [0.3, 0.4) is 0 Å². The maximum atomic E-state index is 9.65. The van der Waals surface area contributed by atoms with Crippen molar-refractivity contribution in [2.45, 2.75) is 30.7 Å². The molecule has 0 amide bonds. The first-order valence-electron chi connectivity index (χ1n) is 4.33. The molecule has 0 aromatic heterocycles. The van der Waals surface area contributed by atoms with Gasteiger partial charge in [-0.2, -0.15) is 0 Å². The fraction of sp³-hybridized carbons (Fsp3) is 1.00. The van der Waals surface area contributed by atoms with Gasteiger partial charge in [-0.3, -0.25) is 0 Å². The van der Waals surface area contributed by atoms with E-state index in [-0.39, 0.29) is 6.61 Å². The molecule has 0 saturated carbocycles. The maximum Gasteiger partial charge on any atom is 0.184 e. The van der Waals surface area contributed by atoms with Crippen molar-refractivity contribution in [3.05, 3.63) is 0 Å². The first-order valence-corrected chi connectivity index (χ1v) is 4.33. The second-order valence-electron chi connectivity index (χ2n) is 3.14. The molecule has 1 heterocycles. The number of aliphatic hydroxyl groups excluding tert-OH is 3. The standard InChI is InChI=1S/C8H16O6/c1-12-6-5(10)4(3-9)14-8(11)7(6)13-2/h4-11H,3H2,1-2H3/t4-,5-,6+,7-,8-/m1/s1. The first kappa shape index (κ1) is 11.8. The van der Waals surface area contributed by atoms with Crippen molar-refractivity contribution in [1.82, 2.24) is 0 Å². The molecule has 0 unspecified atom stereocenters. The van der Waals surface area contributed by atoms with Crippen LogP contribution in [-0.2, 0) is 14.2 Å². The predicted octanol–water partition coefficient (Wildman–Crippen LogP) is -1.91. The summed E-state index contributed by atoms with van der Waals surface area (Å²) in [5.41, 5.74) is 0. The van der Waals surface area contributed by atoms with Crippen molar-refractivity contribution in [3.63, 3.8) is 0 Å². The highest BCUT2D eigenvalue weighted by atomic mass is 16.7. The van der Waals surface area contributed by atoms with Gasteiger partial charge in [0, 0.05) is 14.2 Å². The van der Waals surface area contributed by atoms with E-state index in [1.54, 1.807) is 0 Å². The molecule has 6 heteroatoms. The summed E-state index contributed by atoms with van der Waals surface area (Å²) in [4.78, 5) is 0. The van der Waals surface area contributed by atoms with Crippen molar-refractivity contribution in [2.75, 3.05) is 20.8 Å². The minimum Gasteiger partial charge on any atom is -0.394 e. The van der Waals surface area contributed by atoms with Gasteiger partial charge in [-0.1, -0.05) is 0 Å². The summed E-state index contributed by atoms with van der Waals surface area (Å²) in [6.07, 6.45) is -4.52. The summed E-state index contributed by atoms with van der Waals surface area (Å²) < 4.78 is 14.8. The molecule has 0 radical (unpaired) electrons. The lowest BCUT2D eigenvalue weighted by Crippen LogP contribution is -2.59. The lowest BCUT2D eigenvalue weighted by atomic mass is 9.99. The summed E-state index contributed by atoms with van der Waals surface area (Å²) >= 11 is 0. The summed E-state index contributed by atoms with van der Waals surface area (Å²) in [5.74, 6) is 0. The van der Waals surface area contributed by atoms with E-state index in [0.29, 0.717) is 0 Å². The zero-order chi connectivity index (χ0) is 10.7. The summed E-state index contributed by atoms with van der Waals surface area (Å²) in [5, 5.41) is 27.9. The van der Waals surface area contributed by atoms with E-state index in [0.717, 1.165) is 0 Å². The Morgan fingerprint density at radius 2 is 1.71 bits per heavy atom. The van der Waals surface area contributed by atoms with Crippen molar-refractivity contribution >= 4 is 0 Å². The zero-order valence-corrected chi connectivity index (χ0v) is 8.16. The Balaban J connectivity index is 2.73. The zero-order valence-electron chi connectivity index (χ0n) is 8.16. The van der Waals surface area contributed by atoms with Crippen LogP contribution in [0, 0.1) is 0 Å². The Hall–Kier alpha value is -0.240. The molecule has 0 aromatic carbocycles. The third-order valence-corrected chi connectivity index (χ3v) is 2.36. The van der Waals surface area contributed by atoms with Crippen LogP contribution in [0.2, 0.25) is 0 Å². The number of hydrogen-bond donors (Lipinski definition) is 3. The molecular weight excluding hydrogens is 192 g/mol. The van der Waals surface area contributed by atoms with Crippen LogP contribution in [0.5, 0.6) is 0 Å². The highest BCUT2D eigenvalue weighted by Crippen LogP contribution is 2.23. The second kappa shape index (κ2) is 5.01. The average molecular weight is 208 g/mol. The van der Waals surface area contributed by atoms with Crippen LogP contribution >= 0.6 is 0 Å². The largest absolute Gasteiger partial charge is 0.394 e. The maximum absolute atomic E-state index is 9.65. The SMILES string of the molecule is CO[C@@H]1[C@@H](OC)[C@H](O)[C@@H](CO)O[C@H]1O. The van der Waals surface area contributed by atoms with Gasteiger partial charge in [0.25, 0.3) is 0 Å². The molecule has 1 saturated heterocycles. The molecule has 84 valence electrons. The van der Waals surface area contributed by atoms with E-state index in [9.17, 15) is 10.2 Å². The highest BCUT2D eigenvalue weighted by Gasteiger charge is 2.44. The molecule has 0 spiro atoms. The Bertz CT molecular complexity index is 175. The van der Waals surface area contributed by atoms with Gasteiger partial charge in [-0.05, 0) is 0 Å². The van der Waals surface area contributed by atoms with Crippen molar-refractivity contribution < 1.29 is 29.5 Å². The van der Waals surface area contributed by atoms with E-state index in [2.05, 4.69) is 0 Å². The van der Waals surface area contributed by atoms with Crippen molar-refractivity contribution in [3.8, 4) is 0 Å². The number of aliphatic hydroxyl groups is 3. The molecular formula is C8H16O6. The average Bonchev–Trinajstić information content (AvgIpc) is 2.20. The fourth-order valence-corrected chi connectivity index (χ4v) is 1.58. The Morgan fingerprint density at radius 3 is 2.14 bits per heavy atom. The van der Waals surface area contributed by atoms with Gasteiger partial charge in [0.15, 0.2) is 6.29 Å². The summed E-state index contributed by atoms with van der Waals surface area (Å²) in [6, 6.07) is 0. The normalized spacial score (nSPS) is 43.9. The van der Waals surface area contributed by atoms with Crippen LogP contribution in [0.15, 0.2) is 0 Å². The van der Waals surface area contributed by atoms with Crippen LogP contribution in [0.25, 0.3) is 0 Å². The molecule has 5 atom stereocenters. The fourth-order valence-electron chi connectivity index (χ4n) is 1.58. The Labute approximate surface area is 82.0 Å². The topological polar surface area (TPSA) is 88.4 Å². The van der Waals surface area contributed by atoms with Crippen molar-refractivity contribution in [1.29, 1.82) is 0 Å². The van der Waals surface area contributed by atoms with Gasteiger partial charge >= 0.3 is 0 Å². The molecule has 6 nitrogen and oxygen atoms in total. The third kappa shape index (κ3) is 2.05. The van der Waals surface area contributed by atoms with Crippen molar-refractivity contribution in [2.24, 2.45) is 0 Å². The molecule has 1 aliphatic heterocycles. The van der Waals surface area contributed by atoms with Crippen LogP contribution < -0.4 is 0 Å². The molecule has 1 rings (SSSR count). The number of methoxy groups -OCH3 is 2. The molecule has 0 aromatic rings. The quantitative estimate of drug-likeness (QED) is 0.501. The summed E-state index contributed by atoms with van der Waals surface area (Å²) in [7, 11) is 2.78. The molecule has 1 aliphatic rings. The van der Waals surface area contributed by atoms with E-state index >= 15 is 0 Å². The molecule has 0 bridgehead atoms. The first-order chi connectivity index (χ1) is 6.65. The van der Waals surface area contributed by atoms with E-state index in [1.807, 2.05) is 0 Å². The van der Waals surface area contributed by atoms with Crippen LogP contribution in [0.4, 0.5) is 0 Å². The second-order valence-corrected chi connectivity index (χ2v) is 3.14. The van der Waals surface area contributed by atoms with Gasteiger partial charge in [0.2, 0.25) is 0 Å². The predicted molar refractivity (Wildman–Crippen MR) is 45.6 cm³/mol. The molecule has 0 aliphatic carbocycles. The van der Waals surface area contributed by atoms with Crippen LogP contribution in [-0.4, -0.2) is 66.9 Å². The molecule has 1 fully saturated rings. The monoisotopic (exact) mass is 208 g/mol. The van der Waals surface area contributed by atoms with Gasteiger partial charge in [0.1, 0.15) is 24.4 Å². The number of rotatable bonds is 3. The van der Waals surface area contributed by atoms with Gasteiger partial charge in [-0.25, -0.2) is 0 Å². The third-order valence-electron chi connectivity index (χ3n) is 2.36. The van der Waals surface area contributed by atoms with E-state index in [4.69, 9.17) is 19.3 Å². The minimum absolute atomic E-state index is 0.380. The van der Waals surface area contributed by atoms with Gasteiger partial charge in [0.05, 0.1) is 6.61 Å². The smallest absolute Gasteiger partial charge is 0.184 e. The van der Waals surface area contributed by atoms with Gasteiger partial charge in [-0.15, -0.1) is 0 Å². The highest BCUT2D eigenvalue weighted by molar-refractivity contribution is 4.90. The number of ether oxygens (including phenoxy) is 3. The lowest BCUT2D eigenvalue weighted by Gasteiger charge is -2.40.